The van der Waals surface area contributed by atoms with Crippen molar-refractivity contribution in [2.24, 2.45) is 0 Å². The Morgan fingerprint density at radius 3 is 2.96 bits per heavy atom. The van der Waals surface area contributed by atoms with Crippen molar-refractivity contribution in [1.82, 2.24) is 9.88 Å². The molecule has 23 heavy (non-hydrogen) atoms. The van der Waals surface area contributed by atoms with Gasteiger partial charge in [-0.1, -0.05) is 0 Å². The van der Waals surface area contributed by atoms with E-state index >= 15 is 0 Å². The summed E-state index contributed by atoms with van der Waals surface area (Å²) >= 11 is 3.30. The Bertz CT molecular complexity index is 576. The summed E-state index contributed by atoms with van der Waals surface area (Å²) in [4.78, 5) is 18.2. The minimum Gasteiger partial charge on any atom is -0.382 e. The van der Waals surface area contributed by atoms with Gasteiger partial charge in [-0.25, -0.2) is 9.88 Å². The molecule has 8 heteroatoms. The summed E-state index contributed by atoms with van der Waals surface area (Å²) < 4.78 is 6.28. The van der Waals surface area contributed by atoms with Crippen molar-refractivity contribution in [2.75, 3.05) is 17.6 Å². The van der Waals surface area contributed by atoms with Crippen molar-refractivity contribution in [3.8, 4) is 0 Å². The molecule has 0 aliphatic carbocycles. The Morgan fingerprint density at radius 2 is 2.30 bits per heavy atom. The van der Waals surface area contributed by atoms with E-state index in [1.807, 2.05) is 20.8 Å². The first kappa shape index (κ1) is 18.1. The number of anilines is 2. The zero-order valence-electron chi connectivity index (χ0n) is 13.5. The fraction of sp³-hybridized carbons (Fsp3) is 0.600. The molecule has 1 aromatic heterocycles. The number of nitrogens with one attached hydrogen (secondary N) is 1. The zero-order chi connectivity index (χ0) is 17.2. The second-order valence-corrected chi connectivity index (χ2v) is 7.44. The molecule has 1 amide bonds. The van der Waals surface area contributed by atoms with E-state index in [-0.39, 0.29) is 11.7 Å². The van der Waals surface area contributed by atoms with Crippen LogP contribution in [0.25, 0.3) is 0 Å². The first-order chi connectivity index (χ1) is 10.7. The minimum absolute atomic E-state index is 0.231. The normalized spacial score (nSPS) is 20.5. The molecule has 2 atom stereocenters. The van der Waals surface area contributed by atoms with Crippen LogP contribution in [0, 0.1) is 0 Å². The van der Waals surface area contributed by atoms with Gasteiger partial charge in [0.1, 0.15) is 5.82 Å². The summed E-state index contributed by atoms with van der Waals surface area (Å²) in [5.74, 6) is 0.0169. The fourth-order valence-electron chi connectivity index (χ4n) is 2.48. The monoisotopic (exact) mass is 386 g/mol. The molecular formula is C15H23BrN4O3. The molecule has 128 valence electrons. The van der Waals surface area contributed by atoms with E-state index in [1.165, 1.54) is 0 Å². The third-order valence-corrected chi connectivity index (χ3v) is 3.92. The van der Waals surface area contributed by atoms with Gasteiger partial charge in [0.15, 0.2) is 0 Å². The first-order valence-electron chi connectivity index (χ1n) is 7.51. The van der Waals surface area contributed by atoms with Crippen LogP contribution in [-0.4, -0.2) is 45.5 Å². The van der Waals surface area contributed by atoms with E-state index in [1.54, 1.807) is 17.2 Å². The smallest absolute Gasteiger partial charge is 0.241 e. The van der Waals surface area contributed by atoms with Gasteiger partial charge in [0.05, 0.1) is 17.3 Å². The van der Waals surface area contributed by atoms with E-state index in [4.69, 9.17) is 10.5 Å². The molecule has 1 aromatic rings. The van der Waals surface area contributed by atoms with Crippen molar-refractivity contribution in [1.29, 1.82) is 0 Å². The lowest BCUT2D eigenvalue weighted by atomic mass is 10.2. The number of carbonyl (C=O) groups is 1. The van der Waals surface area contributed by atoms with Gasteiger partial charge >= 0.3 is 0 Å². The number of aliphatic hydroxyl groups is 1. The minimum atomic E-state index is -1.12. The number of nitrogen functional groups attached to an aromatic ring is 1. The summed E-state index contributed by atoms with van der Waals surface area (Å²) in [5.41, 5.74) is 5.73. The average molecular weight is 387 g/mol. The van der Waals surface area contributed by atoms with Gasteiger partial charge in [-0.2, -0.15) is 0 Å². The van der Waals surface area contributed by atoms with E-state index in [9.17, 15) is 9.90 Å². The number of nitrogens with two attached hydrogens (primary N) is 1. The quantitative estimate of drug-likeness (QED) is 0.683. The number of hydrogen-bond donors (Lipinski definition) is 3. The summed E-state index contributed by atoms with van der Waals surface area (Å²) in [7, 11) is 0. The Kier molecular flexibility index (Phi) is 5.61. The maximum absolute atomic E-state index is 12.5. The zero-order valence-corrected chi connectivity index (χ0v) is 15.1. The number of halogens is 1. The standard InChI is InChI=1S/C15H23BrN4O3/c1-15(2,3)23-14(22)20-6-4-5-11(20)13(21)19-10-7-9(16)8-18-12(10)17/h7-8,11,14,22H,4-6H2,1-3H3,(H2,17,18)(H,19,21). The number of likely N-dealkylation sites (tertiary alicyclic amines) is 1. The van der Waals surface area contributed by atoms with Crippen molar-refractivity contribution >= 4 is 33.3 Å². The number of amides is 1. The van der Waals surface area contributed by atoms with Crippen LogP contribution in [0.15, 0.2) is 16.7 Å². The fourth-order valence-corrected chi connectivity index (χ4v) is 2.82. The van der Waals surface area contributed by atoms with Crippen molar-refractivity contribution < 1.29 is 14.6 Å². The first-order valence-corrected chi connectivity index (χ1v) is 8.30. The maximum atomic E-state index is 12.5. The summed E-state index contributed by atoms with van der Waals surface area (Å²) in [6.07, 6.45) is 1.91. The Hall–Kier alpha value is -1.22. The molecule has 0 aromatic carbocycles. The molecular weight excluding hydrogens is 364 g/mol. The van der Waals surface area contributed by atoms with Crippen LogP contribution in [-0.2, 0) is 9.53 Å². The summed E-state index contributed by atoms with van der Waals surface area (Å²) in [5, 5.41) is 13.0. The molecule has 1 aliphatic rings. The van der Waals surface area contributed by atoms with E-state index < -0.39 is 18.1 Å². The highest BCUT2D eigenvalue weighted by Gasteiger charge is 2.37. The molecule has 7 nitrogen and oxygen atoms in total. The van der Waals surface area contributed by atoms with Crippen molar-refractivity contribution in [2.45, 2.75) is 51.7 Å². The van der Waals surface area contributed by atoms with Gasteiger partial charge in [0.25, 0.3) is 0 Å². The number of nitrogens with zero attached hydrogens (tertiary/aromatic N) is 2. The number of ether oxygens (including phenoxy) is 1. The van der Waals surface area contributed by atoms with Crippen LogP contribution in [0.4, 0.5) is 11.5 Å². The molecule has 0 saturated carbocycles. The van der Waals surface area contributed by atoms with E-state index in [0.29, 0.717) is 18.7 Å². The number of aromatic nitrogens is 1. The molecule has 1 saturated heterocycles. The lowest BCUT2D eigenvalue weighted by Crippen LogP contribution is -2.48. The predicted octanol–water partition coefficient (Wildman–Crippen LogP) is 1.92. The summed E-state index contributed by atoms with van der Waals surface area (Å²) in [6.45, 7) is 6.17. The van der Waals surface area contributed by atoms with Crippen LogP contribution in [0.1, 0.15) is 33.6 Å². The molecule has 0 spiro atoms. The van der Waals surface area contributed by atoms with Gasteiger partial charge in [-0.3, -0.25) is 4.79 Å². The van der Waals surface area contributed by atoms with Crippen LogP contribution < -0.4 is 11.1 Å². The lowest BCUT2D eigenvalue weighted by Gasteiger charge is -2.33. The number of carbonyl (C=O) groups excluding carboxylic acids is 1. The van der Waals surface area contributed by atoms with Crippen molar-refractivity contribution in [3.63, 3.8) is 0 Å². The molecule has 2 rings (SSSR count). The molecule has 1 aliphatic heterocycles. The van der Waals surface area contributed by atoms with Crippen LogP contribution >= 0.6 is 15.9 Å². The number of hydrogen-bond acceptors (Lipinski definition) is 6. The Labute approximate surface area is 144 Å². The Morgan fingerprint density at radius 1 is 1.61 bits per heavy atom. The molecule has 4 N–H and O–H groups in total. The van der Waals surface area contributed by atoms with Crippen LogP contribution in [0.2, 0.25) is 0 Å². The molecule has 0 radical (unpaired) electrons. The highest BCUT2D eigenvalue weighted by atomic mass is 79.9. The highest BCUT2D eigenvalue weighted by molar-refractivity contribution is 9.10. The predicted molar refractivity (Wildman–Crippen MR) is 91.6 cm³/mol. The topological polar surface area (TPSA) is 101 Å². The van der Waals surface area contributed by atoms with Gasteiger partial charge in [0.2, 0.25) is 12.3 Å². The third-order valence-electron chi connectivity index (χ3n) is 3.48. The second-order valence-electron chi connectivity index (χ2n) is 6.53. The SMILES string of the molecule is CC(C)(C)OC(O)N1CCCC1C(=O)Nc1cc(Br)cnc1N. The van der Waals surface area contributed by atoms with Crippen LogP contribution in [0.3, 0.4) is 0 Å². The van der Waals surface area contributed by atoms with Crippen LogP contribution in [0.5, 0.6) is 0 Å². The molecule has 0 bridgehead atoms. The second kappa shape index (κ2) is 7.12. The average Bonchev–Trinajstić information content (AvgIpc) is 2.90. The largest absolute Gasteiger partial charge is 0.382 e. The Balaban J connectivity index is 2.07. The van der Waals surface area contributed by atoms with Gasteiger partial charge < -0.3 is 20.9 Å². The van der Waals surface area contributed by atoms with Gasteiger partial charge in [-0.15, -0.1) is 0 Å². The number of rotatable bonds is 4. The highest BCUT2D eigenvalue weighted by Crippen LogP contribution is 2.26. The molecule has 2 heterocycles. The van der Waals surface area contributed by atoms with Gasteiger partial charge in [-0.05, 0) is 55.6 Å². The van der Waals surface area contributed by atoms with E-state index in [2.05, 4.69) is 26.2 Å². The third kappa shape index (κ3) is 4.87. The molecule has 1 fully saturated rings. The van der Waals surface area contributed by atoms with Gasteiger partial charge in [0, 0.05) is 17.2 Å². The van der Waals surface area contributed by atoms with E-state index in [0.717, 1.165) is 10.9 Å². The molecule has 2 unspecified atom stereocenters. The number of aliphatic hydroxyl groups excluding tert-OH is 1. The lowest BCUT2D eigenvalue weighted by molar-refractivity contribution is -0.240. The summed E-state index contributed by atoms with van der Waals surface area (Å²) in [6, 6.07) is 1.23. The maximum Gasteiger partial charge on any atom is 0.241 e. The number of pyridine rings is 1. The van der Waals surface area contributed by atoms with Crippen molar-refractivity contribution in [3.05, 3.63) is 16.7 Å².